The normalized spacial score (nSPS) is 21.3. The van der Waals surface area contributed by atoms with E-state index in [0.717, 1.165) is 28.8 Å². The van der Waals surface area contributed by atoms with E-state index < -0.39 is 29.8 Å². The molecule has 0 spiro atoms. The van der Waals surface area contributed by atoms with Crippen LogP contribution in [0.2, 0.25) is 0 Å². The number of pyridine rings is 1. The summed E-state index contributed by atoms with van der Waals surface area (Å²) in [7, 11) is 0. The zero-order valence-electron chi connectivity index (χ0n) is 24.7. The Kier molecular flexibility index (Phi) is 11.3. The molecule has 4 N–H and O–H groups in total. The second-order valence-corrected chi connectivity index (χ2v) is 11.5. The molecule has 0 radical (unpaired) electrons. The number of allylic oxidation sites excluding steroid dienone is 2. The van der Waals surface area contributed by atoms with Crippen LogP contribution in [0.5, 0.6) is 5.75 Å². The second-order valence-electron chi connectivity index (χ2n) is 11.5. The maximum Gasteiger partial charge on any atom is 0.303 e. The van der Waals surface area contributed by atoms with Gasteiger partial charge in [-0.1, -0.05) is 43.5 Å². The summed E-state index contributed by atoms with van der Waals surface area (Å²) in [4.78, 5) is 43.5. The fraction of sp³-hybridized carbons (Fsp3) is 0.471. The van der Waals surface area contributed by atoms with Gasteiger partial charge in [0, 0.05) is 25.1 Å². The summed E-state index contributed by atoms with van der Waals surface area (Å²) in [5.74, 6) is -3.16. The van der Waals surface area contributed by atoms with E-state index in [1.807, 2.05) is 31.2 Å². The minimum Gasteiger partial charge on any atom is -0.508 e. The van der Waals surface area contributed by atoms with Crippen LogP contribution in [0.25, 0.3) is 11.6 Å². The standard InChI is InChI=1S/C34H42N2O7/c1-2-8-24-20-26-32(34(43)36(33(26)42)18-7-3-4-10-30(40)41)27(21-37)31(24)29(39)16-13-23(28-9-5-6-17-35-28)19-22-11-14-25(38)15-12-22/h5-6,9,11-12,14-15,17,19,26-27,29,32,37-39H,2-4,7-8,10,13,16,18,20-21H2,1H3,(H,40,41)/b23-19-/t26-,27+,29-,32-/m1/s1. The molecule has 1 fully saturated rings. The zero-order valence-corrected chi connectivity index (χ0v) is 24.7. The van der Waals surface area contributed by atoms with Crippen molar-refractivity contribution in [1.29, 1.82) is 0 Å². The molecule has 2 aromatic rings. The van der Waals surface area contributed by atoms with E-state index in [4.69, 9.17) is 5.11 Å². The Bertz CT molecular complexity index is 1340. The molecule has 1 aromatic heterocycles. The third kappa shape index (κ3) is 7.77. The highest BCUT2D eigenvalue weighted by atomic mass is 16.4. The molecule has 0 unspecified atom stereocenters. The number of hydrogen-bond donors (Lipinski definition) is 4. The van der Waals surface area contributed by atoms with Crippen LogP contribution in [0, 0.1) is 17.8 Å². The molecule has 0 bridgehead atoms. The molecule has 0 saturated carbocycles. The smallest absolute Gasteiger partial charge is 0.303 e. The van der Waals surface area contributed by atoms with E-state index in [1.54, 1.807) is 30.5 Å². The predicted octanol–water partition coefficient (Wildman–Crippen LogP) is 4.82. The van der Waals surface area contributed by atoms with E-state index in [2.05, 4.69) is 4.98 Å². The van der Waals surface area contributed by atoms with Gasteiger partial charge in [-0.15, -0.1) is 0 Å². The number of hydrogen-bond acceptors (Lipinski definition) is 7. The summed E-state index contributed by atoms with van der Waals surface area (Å²) in [5, 5.41) is 40.8. The van der Waals surface area contributed by atoms with Crippen LogP contribution in [0.1, 0.15) is 76.0 Å². The monoisotopic (exact) mass is 590 g/mol. The molecule has 9 heteroatoms. The minimum absolute atomic E-state index is 0.0530. The topological polar surface area (TPSA) is 148 Å². The van der Waals surface area contributed by atoms with E-state index >= 15 is 0 Å². The fourth-order valence-electron chi connectivity index (χ4n) is 6.55. The highest BCUT2D eigenvalue weighted by Gasteiger charge is 2.54. The molecule has 1 aliphatic heterocycles. The van der Waals surface area contributed by atoms with Crippen molar-refractivity contribution < 1.29 is 34.8 Å². The SMILES string of the molecule is CCCC1=C([C@H](O)CC/C(=C/c2ccc(O)cc2)c2ccccn2)[C@H](CO)[C@@H]2C(=O)N(CCCCCC(=O)O)C(=O)[C@@H]2C1. The predicted molar refractivity (Wildman–Crippen MR) is 162 cm³/mol. The van der Waals surface area contributed by atoms with Gasteiger partial charge in [-0.05, 0) is 85.6 Å². The third-order valence-corrected chi connectivity index (χ3v) is 8.57. The Morgan fingerprint density at radius 3 is 2.49 bits per heavy atom. The molecule has 43 heavy (non-hydrogen) atoms. The number of aliphatic carboxylic acids is 1. The average molecular weight is 591 g/mol. The number of phenols is 1. The van der Waals surface area contributed by atoms with Gasteiger partial charge >= 0.3 is 5.97 Å². The van der Waals surface area contributed by atoms with Gasteiger partial charge in [0.25, 0.3) is 0 Å². The Balaban J connectivity index is 1.54. The molecule has 2 aliphatic rings. The minimum atomic E-state index is -0.917. The number of amides is 2. The maximum absolute atomic E-state index is 13.6. The van der Waals surface area contributed by atoms with Crippen molar-refractivity contribution in [3.8, 4) is 5.75 Å². The van der Waals surface area contributed by atoms with Gasteiger partial charge in [0.15, 0.2) is 0 Å². The van der Waals surface area contributed by atoms with E-state index in [-0.39, 0.29) is 37.1 Å². The third-order valence-electron chi connectivity index (χ3n) is 8.57. The summed E-state index contributed by atoms with van der Waals surface area (Å²) in [5.41, 5.74) is 4.18. The first-order valence-electron chi connectivity index (χ1n) is 15.2. The molecular formula is C34H42N2O7. The molecule has 4 atom stereocenters. The number of phenolic OH excluding ortho intramolecular Hbond substituents is 1. The molecule has 2 amide bonds. The lowest BCUT2D eigenvalue weighted by molar-refractivity contribution is -0.141. The largest absolute Gasteiger partial charge is 0.508 e. The summed E-state index contributed by atoms with van der Waals surface area (Å²) >= 11 is 0. The number of benzene rings is 1. The number of fused-ring (bicyclic) bond motifs is 1. The fourth-order valence-corrected chi connectivity index (χ4v) is 6.55. The molecule has 9 nitrogen and oxygen atoms in total. The van der Waals surface area contributed by atoms with Gasteiger partial charge in [-0.3, -0.25) is 24.3 Å². The van der Waals surface area contributed by atoms with E-state index in [9.17, 15) is 29.7 Å². The van der Waals surface area contributed by atoms with Crippen molar-refractivity contribution >= 4 is 29.4 Å². The number of likely N-dealkylation sites (tertiary alicyclic amines) is 1. The number of carboxylic acids is 1. The van der Waals surface area contributed by atoms with E-state index in [0.29, 0.717) is 50.5 Å². The Morgan fingerprint density at radius 1 is 1.07 bits per heavy atom. The van der Waals surface area contributed by atoms with Crippen molar-refractivity contribution in [3.63, 3.8) is 0 Å². The number of aromatic nitrogens is 1. The van der Waals surface area contributed by atoms with Crippen LogP contribution < -0.4 is 0 Å². The lowest BCUT2D eigenvalue weighted by Crippen LogP contribution is -2.39. The average Bonchev–Trinajstić information content (AvgIpc) is 3.24. The van der Waals surface area contributed by atoms with Crippen LogP contribution in [-0.4, -0.2) is 67.3 Å². The summed E-state index contributed by atoms with van der Waals surface area (Å²) in [6.45, 7) is 1.92. The molecule has 1 aliphatic carbocycles. The van der Waals surface area contributed by atoms with Gasteiger partial charge in [0.05, 0.1) is 30.2 Å². The highest BCUT2D eigenvalue weighted by molar-refractivity contribution is 6.05. The Labute approximate surface area is 252 Å². The number of aromatic hydroxyl groups is 1. The van der Waals surface area contributed by atoms with E-state index in [1.165, 1.54) is 4.90 Å². The summed E-state index contributed by atoms with van der Waals surface area (Å²) in [6.07, 6.45) is 7.11. The number of aliphatic hydroxyl groups is 2. The van der Waals surface area contributed by atoms with Crippen molar-refractivity contribution in [2.45, 2.75) is 70.8 Å². The Morgan fingerprint density at radius 2 is 1.84 bits per heavy atom. The van der Waals surface area contributed by atoms with Crippen molar-refractivity contribution in [3.05, 3.63) is 71.1 Å². The molecule has 4 rings (SSSR count). The lowest BCUT2D eigenvalue weighted by atomic mass is 9.67. The van der Waals surface area contributed by atoms with Gasteiger partial charge < -0.3 is 20.4 Å². The van der Waals surface area contributed by atoms with Crippen LogP contribution in [-0.2, 0) is 14.4 Å². The van der Waals surface area contributed by atoms with Crippen LogP contribution in [0.3, 0.4) is 0 Å². The molecule has 1 aromatic carbocycles. The number of aliphatic hydroxyl groups excluding tert-OH is 2. The number of carboxylic acid groups (broad SMARTS) is 1. The first-order chi connectivity index (χ1) is 20.7. The number of carbonyl (C=O) groups is 3. The highest BCUT2D eigenvalue weighted by Crippen LogP contribution is 2.47. The van der Waals surface area contributed by atoms with Gasteiger partial charge in [-0.25, -0.2) is 0 Å². The number of carbonyl (C=O) groups excluding carboxylic acids is 2. The maximum atomic E-state index is 13.6. The first kappa shape index (κ1) is 32.1. The van der Waals surface area contributed by atoms with Gasteiger partial charge in [-0.2, -0.15) is 0 Å². The van der Waals surface area contributed by atoms with Crippen molar-refractivity contribution in [2.24, 2.45) is 17.8 Å². The van der Waals surface area contributed by atoms with Crippen LogP contribution >= 0.6 is 0 Å². The molecular weight excluding hydrogens is 548 g/mol. The number of nitrogens with zero attached hydrogens (tertiary/aromatic N) is 2. The summed E-state index contributed by atoms with van der Waals surface area (Å²) < 4.78 is 0. The lowest BCUT2D eigenvalue weighted by Gasteiger charge is -2.36. The number of unbranched alkanes of at least 4 members (excludes halogenated alkanes) is 2. The Hall–Kier alpha value is -3.82. The quantitative estimate of drug-likeness (QED) is 0.131. The second kappa shape index (κ2) is 15.1. The van der Waals surface area contributed by atoms with Gasteiger partial charge in [0.2, 0.25) is 11.8 Å². The van der Waals surface area contributed by atoms with Crippen LogP contribution in [0.4, 0.5) is 0 Å². The van der Waals surface area contributed by atoms with Crippen molar-refractivity contribution in [1.82, 2.24) is 9.88 Å². The summed E-state index contributed by atoms with van der Waals surface area (Å²) in [6, 6.07) is 12.5. The molecule has 2 heterocycles. The first-order valence-corrected chi connectivity index (χ1v) is 15.2. The van der Waals surface area contributed by atoms with Crippen LogP contribution in [0.15, 0.2) is 59.8 Å². The molecule has 230 valence electrons. The number of imide groups is 1. The van der Waals surface area contributed by atoms with Crippen molar-refractivity contribution in [2.75, 3.05) is 13.2 Å². The molecule has 1 saturated heterocycles. The number of rotatable bonds is 15. The zero-order chi connectivity index (χ0) is 30.9. The van der Waals surface area contributed by atoms with Gasteiger partial charge in [0.1, 0.15) is 5.75 Å².